The van der Waals surface area contributed by atoms with Crippen molar-refractivity contribution >= 4 is 17.2 Å². The average molecular weight is 417 g/mol. The average Bonchev–Trinajstić information content (AvgIpc) is 3.34. The predicted octanol–water partition coefficient (Wildman–Crippen LogP) is 5.97. The zero-order valence-electron chi connectivity index (χ0n) is 17.1. The molecule has 0 aliphatic heterocycles. The molecule has 0 radical (unpaired) electrons. The first-order chi connectivity index (χ1) is 14.5. The molecule has 0 spiro atoms. The van der Waals surface area contributed by atoms with E-state index in [9.17, 15) is 4.79 Å². The molecule has 0 saturated carbocycles. The van der Waals surface area contributed by atoms with E-state index in [0.717, 1.165) is 47.0 Å². The summed E-state index contributed by atoms with van der Waals surface area (Å²) in [5.74, 6) is 1.08. The van der Waals surface area contributed by atoms with Crippen LogP contribution in [0.2, 0.25) is 0 Å². The van der Waals surface area contributed by atoms with Gasteiger partial charge in [-0.1, -0.05) is 36.4 Å². The van der Waals surface area contributed by atoms with Crippen LogP contribution in [0.4, 0.5) is 0 Å². The molecule has 2 N–H and O–H groups in total. The van der Waals surface area contributed by atoms with Crippen molar-refractivity contribution in [3.8, 4) is 22.6 Å². The second-order valence-electron chi connectivity index (χ2n) is 7.21. The number of hydrogen-bond donors (Lipinski definition) is 1. The SMILES string of the molecule is Cc1c(C(N)=O)c(-c2cccc(Oc3ccccc3)c2)c(C)n1CCc1cccs1. The second kappa shape index (κ2) is 8.59. The molecular weight excluding hydrogens is 392 g/mol. The van der Waals surface area contributed by atoms with Crippen molar-refractivity contribution in [2.75, 3.05) is 0 Å². The largest absolute Gasteiger partial charge is 0.457 e. The molecule has 30 heavy (non-hydrogen) atoms. The van der Waals surface area contributed by atoms with Crippen LogP contribution < -0.4 is 10.5 Å². The fraction of sp³-hybridized carbons (Fsp3) is 0.160. The summed E-state index contributed by atoms with van der Waals surface area (Å²) in [4.78, 5) is 13.7. The first-order valence-electron chi connectivity index (χ1n) is 9.90. The number of amides is 1. The van der Waals surface area contributed by atoms with Crippen LogP contribution in [0, 0.1) is 13.8 Å². The van der Waals surface area contributed by atoms with E-state index in [-0.39, 0.29) is 0 Å². The third kappa shape index (κ3) is 4.02. The number of aromatic nitrogens is 1. The van der Waals surface area contributed by atoms with E-state index < -0.39 is 5.91 Å². The van der Waals surface area contributed by atoms with E-state index in [1.165, 1.54) is 4.88 Å². The Bertz CT molecular complexity index is 1160. The lowest BCUT2D eigenvalue weighted by molar-refractivity contribution is 0.1000. The van der Waals surface area contributed by atoms with Crippen molar-refractivity contribution in [3.05, 3.63) is 93.9 Å². The van der Waals surface area contributed by atoms with E-state index in [1.807, 2.05) is 68.4 Å². The fourth-order valence-corrected chi connectivity index (χ4v) is 4.59. The molecule has 4 aromatic rings. The van der Waals surface area contributed by atoms with E-state index in [0.29, 0.717) is 5.56 Å². The highest BCUT2D eigenvalue weighted by atomic mass is 32.1. The van der Waals surface area contributed by atoms with Crippen molar-refractivity contribution < 1.29 is 9.53 Å². The molecule has 152 valence electrons. The lowest BCUT2D eigenvalue weighted by Crippen LogP contribution is -2.13. The van der Waals surface area contributed by atoms with Crippen molar-refractivity contribution in [2.24, 2.45) is 5.73 Å². The molecule has 4 nitrogen and oxygen atoms in total. The topological polar surface area (TPSA) is 57.3 Å². The Hall–Kier alpha value is -3.31. The first-order valence-corrected chi connectivity index (χ1v) is 10.8. The Kier molecular flexibility index (Phi) is 5.72. The number of carbonyl (C=O) groups excluding carboxylic acids is 1. The molecule has 0 unspecified atom stereocenters. The molecule has 1 amide bonds. The van der Waals surface area contributed by atoms with Gasteiger partial charge >= 0.3 is 0 Å². The number of aryl methyl sites for hydroxylation is 1. The Morgan fingerprint density at radius 3 is 2.43 bits per heavy atom. The molecule has 4 rings (SSSR count). The minimum Gasteiger partial charge on any atom is -0.457 e. The third-order valence-corrected chi connectivity index (χ3v) is 6.23. The molecule has 2 heterocycles. The van der Waals surface area contributed by atoms with Crippen LogP contribution >= 0.6 is 11.3 Å². The zero-order chi connectivity index (χ0) is 21.1. The number of para-hydroxylation sites is 1. The standard InChI is InChI=1S/C25H24N2O2S/c1-17-23(19-8-6-11-21(16-19)29-20-9-4-3-5-10-20)24(25(26)28)18(2)27(17)14-13-22-12-7-15-30-22/h3-12,15-16H,13-14H2,1-2H3,(H2,26,28). The molecule has 0 atom stereocenters. The van der Waals surface area contributed by atoms with E-state index in [1.54, 1.807) is 11.3 Å². The summed E-state index contributed by atoms with van der Waals surface area (Å²) < 4.78 is 8.19. The maximum atomic E-state index is 12.4. The third-order valence-electron chi connectivity index (χ3n) is 5.29. The lowest BCUT2D eigenvalue weighted by Gasteiger charge is -2.10. The minimum atomic E-state index is -0.408. The van der Waals surface area contributed by atoms with Gasteiger partial charge in [-0.05, 0) is 61.5 Å². The molecule has 0 bridgehead atoms. The number of nitrogens with zero attached hydrogens (tertiary/aromatic N) is 1. The van der Waals surface area contributed by atoms with Gasteiger partial charge in [0.2, 0.25) is 0 Å². The van der Waals surface area contributed by atoms with E-state index in [2.05, 4.69) is 22.1 Å². The van der Waals surface area contributed by atoms with Crippen LogP contribution in [-0.4, -0.2) is 10.5 Å². The summed E-state index contributed by atoms with van der Waals surface area (Å²) in [5, 5.41) is 2.09. The first kappa shape index (κ1) is 20.0. The monoisotopic (exact) mass is 416 g/mol. The van der Waals surface area contributed by atoms with Crippen LogP contribution in [0.15, 0.2) is 72.1 Å². The summed E-state index contributed by atoms with van der Waals surface area (Å²) in [7, 11) is 0. The van der Waals surface area contributed by atoms with Crippen LogP contribution in [0.5, 0.6) is 11.5 Å². The van der Waals surface area contributed by atoms with Gasteiger partial charge in [0.25, 0.3) is 5.91 Å². The molecule has 5 heteroatoms. The summed E-state index contributed by atoms with van der Waals surface area (Å²) in [5.41, 5.74) is 10.1. The zero-order valence-corrected chi connectivity index (χ0v) is 17.9. The number of primary amides is 1. The molecule has 0 saturated heterocycles. The van der Waals surface area contributed by atoms with E-state index >= 15 is 0 Å². The van der Waals surface area contributed by atoms with E-state index in [4.69, 9.17) is 10.5 Å². The summed E-state index contributed by atoms with van der Waals surface area (Å²) in [6.45, 7) is 4.82. The quantitative estimate of drug-likeness (QED) is 0.404. The summed E-state index contributed by atoms with van der Waals surface area (Å²) in [6.07, 6.45) is 0.919. The summed E-state index contributed by atoms with van der Waals surface area (Å²) in [6, 6.07) is 21.7. The van der Waals surface area contributed by atoms with Crippen LogP contribution in [-0.2, 0) is 13.0 Å². The predicted molar refractivity (Wildman–Crippen MR) is 122 cm³/mol. The van der Waals surface area contributed by atoms with Gasteiger partial charge in [0.15, 0.2) is 0 Å². The second-order valence-corrected chi connectivity index (χ2v) is 8.24. The van der Waals surface area contributed by atoms with Gasteiger partial charge in [0.05, 0.1) is 5.56 Å². The van der Waals surface area contributed by atoms with Crippen molar-refractivity contribution in [3.63, 3.8) is 0 Å². The van der Waals surface area contributed by atoms with Crippen LogP contribution in [0.25, 0.3) is 11.1 Å². The Labute approximate surface area is 180 Å². The van der Waals surface area contributed by atoms with Gasteiger partial charge in [-0.3, -0.25) is 4.79 Å². The fourth-order valence-electron chi connectivity index (χ4n) is 3.89. The van der Waals surface area contributed by atoms with Crippen LogP contribution in [0.1, 0.15) is 26.6 Å². The molecule has 0 aliphatic rings. The molecule has 2 aromatic heterocycles. The lowest BCUT2D eigenvalue weighted by atomic mass is 10.00. The van der Waals surface area contributed by atoms with Gasteiger partial charge in [0, 0.05) is 28.4 Å². The number of thiophene rings is 1. The van der Waals surface area contributed by atoms with Gasteiger partial charge in [-0.15, -0.1) is 11.3 Å². The normalized spacial score (nSPS) is 10.9. The van der Waals surface area contributed by atoms with Gasteiger partial charge in [0.1, 0.15) is 11.5 Å². The van der Waals surface area contributed by atoms with Gasteiger partial charge in [-0.2, -0.15) is 0 Å². The van der Waals surface area contributed by atoms with Crippen molar-refractivity contribution in [2.45, 2.75) is 26.8 Å². The Morgan fingerprint density at radius 1 is 0.967 bits per heavy atom. The summed E-state index contributed by atoms with van der Waals surface area (Å²) >= 11 is 1.75. The highest BCUT2D eigenvalue weighted by molar-refractivity contribution is 7.09. The number of nitrogens with two attached hydrogens (primary N) is 1. The number of rotatable bonds is 7. The number of benzene rings is 2. The highest BCUT2D eigenvalue weighted by Gasteiger charge is 2.22. The van der Waals surface area contributed by atoms with Gasteiger partial charge in [-0.25, -0.2) is 0 Å². The molecular formula is C25H24N2O2S. The van der Waals surface area contributed by atoms with Gasteiger partial charge < -0.3 is 15.0 Å². The van der Waals surface area contributed by atoms with Crippen molar-refractivity contribution in [1.82, 2.24) is 4.57 Å². The molecule has 0 aliphatic carbocycles. The number of hydrogen-bond acceptors (Lipinski definition) is 3. The minimum absolute atomic E-state index is 0.408. The Balaban J connectivity index is 1.72. The number of ether oxygens (including phenoxy) is 1. The smallest absolute Gasteiger partial charge is 0.251 e. The Morgan fingerprint density at radius 2 is 1.73 bits per heavy atom. The van der Waals surface area contributed by atoms with Crippen LogP contribution in [0.3, 0.4) is 0 Å². The highest BCUT2D eigenvalue weighted by Crippen LogP contribution is 2.35. The maximum absolute atomic E-state index is 12.4. The number of carbonyl (C=O) groups is 1. The molecule has 0 fully saturated rings. The maximum Gasteiger partial charge on any atom is 0.251 e. The van der Waals surface area contributed by atoms with Crippen molar-refractivity contribution in [1.29, 1.82) is 0 Å². The molecule has 2 aromatic carbocycles.